The lowest BCUT2D eigenvalue weighted by Crippen LogP contribution is -2.84. The van der Waals surface area contributed by atoms with Crippen molar-refractivity contribution in [1.29, 1.82) is 0 Å². The van der Waals surface area contributed by atoms with Crippen LogP contribution in [0.2, 0.25) is 5.02 Å². The molecule has 2 saturated heterocycles. The summed E-state index contributed by atoms with van der Waals surface area (Å²) >= 11 is 6.17. The lowest BCUT2D eigenvalue weighted by molar-refractivity contribution is -0.200. The third-order valence-corrected chi connectivity index (χ3v) is 6.34. The van der Waals surface area contributed by atoms with Crippen LogP contribution < -0.4 is 0 Å². The molecule has 1 N–H and O–H groups in total. The minimum absolute atomic E-state index is 0.0465. The Hall–Kier alpha value is -1.88. The van der Waals surface area contributed by atoms with Gasteiger partial charge in [-0.05, 0) is 23.3 Å². The van der Waals surface area contributed by atoms with Gasteiger partial charge in [-0.15, -0.1) is 0 Å². The molecule has 4 rings (SSSR count). The third-order valence-electron chi connectivity index (χ3n) is 6.11. The summed E-state index contributed by atoms with van der Waals surface area (Å²) in [7, 11) is 0. The van der Waals surface area contributed by atoms with Gasteiger partial charge in [0.05, 0.1) is 12.1 Å². The van der Waals surface area contributed by atoms with Gasteiger partial charge in [-0.2, -0.15) is 0 Å². The number of rotatable bonds is 5. The molecule has 1 amide bonds. The van der Waals surface area contributed by atoms with Crippen molar-refractivity contribution < 1.29 is 9.90 Å². The number of halogens is 1. The quantitative estimate of drug-likeness (QED) is 0.860. The van der Waals surface area contributed by atoms with Crippen molar-refractivity contribution in [3.63, 3.8) is 0 Å². The van der Waals surface area contributed by atoms with Crippen molar-refractivity contribution >= 4 is 17.5 Å². The van der Waals surface area contributed by atoms with E-state index in [0.717, 1.165) is 30.2 Å². The van der Waals surface area contributed by atoms with E-state index < -0.39 is 0 Å². The number of carbonyl (C=O) groups excluding carboxylic acids is 1. The smallest absolute Gasteiger partial charge is 0.222 e. The summed E-state index contributed by atoms with van der Waals surface area (Å²) in [5, 5.41) is 10.9. The molecule has 2 fully saturated rings. The summed E-state index contributed by atoms with van der Waals surface area (Å²) in [4.78, 5) is 16.5. The van der Waals surface area contributed by atoms with E-state index >= 15 is 0 Å². The van der Waals surface area contributed by atoms with Crippen LogP contribution in [0.25, 0.3) is 0 Å². The van der Waals surface area contributed by atoms with E-state index in [-0.39, 0.29) is 30.0 Å². The van der Waals surface area contributed by atoms with Crippen LogP contribution >= 0.6 is 11.6 Å². The molecule has 0 saturated carbocycles. The lowest BCUT2D eigenvalue weighted by Gasteiger charge is -2.71. The number of amides is 1. The molecule has 0 aliphatic carbocycles. The molecule has 2 heterocycles. The van der Waals surface area contributed by atoms with E-state index in [1.165, 1.54) is 5.56 Å². The minimum atomic E-state index is -0.109. The van der Waals surface area contributed by atoms with Crippen LogP contribution in [0.3, 0.4) is 0 Å². The van der Waals surface area contributed by atoms with Crippen LogP contribution in [-0.4, -0.2) is 52.1 Å². The summed E-state index contributed by atoms with van der Waals surface area (Å²) in [5.41, 5.74) is 2.26. The number of carbonyl (C=O) groups is 1. The highest BCUT2D eigenvalue weighted by Crippen LogP contribution is 2.54. The normalized spacial score (nSPS) is 23.7. The van der Waals surface area contributed by atoms with E-state index in [0.29, 0.717) is 6.42 Å². The van der Waals surface area contributed by atoms with E-state index in [1.54, 1.807) is 0 Å². The van der Waals surface area contributed by atoms with Gasteiger partial charge >= 0.3 is 0 Å². The Morgan fingerprint density at radius 3 is 2.56 bits per heavy atom. The SMILES string of the molecule is CCC(=O)N1CC2(C1)[C@H](c1ccccc1)[C@@H](CO)N2Cc1cccc(Cl)c1. The highest BCUT2D eigenvalue weighted by Gasteiger charge is 2.65. The Bertz CT molecular complexity index is 820. The first kappa shape index (κ1) is 18.5. The Kier molecular flexibility index (Phi) is 4.97. The van der Waals surface area contributed by atoms with Gasteiger partial charge < -0.3 is 10.0 Å². The number of hydrogen-bond acceptors (Lipinski definition) is 3. The Morgan fingerprint density at radius 2 is 1.93 bits per heavy atom. The first-order valence-electron chi connectivity index (χ1n) is 9.54. The second-order valence-corrected chi connectivity index (χ2v) is 8.04. The number of aliphatic hydroxyl groups excluding tert-OH is 1. The van der Waals surface area contributed by atoms with Crippen LogP contribution in [-0.2, 0) is 11.3 Å². The first-order valence-corrected chi connectivity index (χ1v) is 9.91. The monoisotopic (exact) mass is 384 g/mol. The number of hydrogen-bond donors (Lipinski definition) is 1. The third kappa shape index (κ3) is 3.06. The van der Waals surface area contributed by atoms with E-state index in [2.05, 4.69) is 23.1 Å². The van der Waals surface area contributed by atoms with Gasteiger partial charge in [-0.3, -0.25) is 9.69 Å². The van der Waals surface area contributed by atoms with Crippen molar-refractivity contribution in [3.8, 4) is 0 Å². The average Bonchev–Trinajstić information content (AvgIpc) is 2.64. The maximum absolute atomic E-state index is 12.2. The van der Waals surface area contributed by atoms with Crippen molar-refractivity contribution in [1.82, 2.24) is 9.80 Å². The van der Waals surface area contributed by atoms with Gasteiger partial charge in [0.2, 0.25) is 5.91 Å². The highest BCUT2D eigenvalue weighted by molar-refractivity contribution is 6.30. The van der Waals surface area contributed by atoms with Gasteiger partial charge in [0.1, 0.15) is 0 Å². The fourth-order valence-corrected chi connectivity index (χ4v) is 5.07. The van der Waals surface area contributed by atoms with Gasteiger partial charge in [0.25, 0.3) is 0 Å². The second kappa shape index (κ2) is 7.27. The summed E-state index contributed by atoms with van der Waals surface area (Å²) in [6.45, 7) is 4.17. The second-order valence-electron chi connectivity index (χ2n) is 7.60. The molecule has 5 heteroatoms. The minimum Gasteiger partial charge on any atom is -0.395 e. The summed E-state index contributed by atoms with van der Waals surface area (Å²) < 4.78 is 0. The maximum Gasteiger partial charge on any atom is 0.222 e. The van der Waals surface area contributed by atoms with Crippen LogP contribution in [0.15, 0.2) is 54.6 Å². The van der Waals surface area contributed by atoms with Gasteiger partial charge in [-0.25, -0.2) is 0 Å². The van der Waals surface area contributed by atoms with Gasteiger partial charge in [0, 0.05) is 43.0 Å². The predicted molar refractivity (Wildman–Crippen MR) is 107 cm³/mol. The van der Waals surface area contributed by atoms with Crippen molar-refractivity contribution in [2.24, 2.45) is 0 Å². The predicted octanol–water partition coefficient (Wildman–Crippen LogP) is 3.29. The first-order chi connectivity index (χ1) is 13.1. The number of benzene rings is 2. The van der Waals surface area contributed by atoms with E-state index in [1.807, 2.05) is 48.2 Å². The van der Waals surface area contributed by atoms with E-state index in [4.69, 9.17) is 11.6 Å². The largest absolute Gasteiger partial charge is 0.395 e. The Balaban J connectivity index is 1.64. The molecule has 2 aromatic rings. The maximum atomic E-state index is 12.2. The molecule has 0 radical (unpaired) electrons. The Labute approximate surface area is 165 Å². The molecule has 2 atom stereocenters. The van der Waals surface area contributed by atoms with Crippen LogP contribution in [0.4, 0.5) is 0 Å². The van der Waals surface area contributed by atoms with Gasteiger partial charge in [0.15, 0.2) is 0 Å². The molecule has 0 aromatic heterocycles. The van der Waals surface area contributed by atoms with Crippen LogP contribution in [0.5, 0.6) is 0 Å². The molecule has 0 unspecified atom stereocenters. The zero-order valence-electron chi connectivity index (χ0n) is 15.5. The average molecular weight is 385 g/mol. The summed E-state index contributed by atoms with van der Waals surface area (Å²) in [6, 6.07) is 18.3. The molecule has 1 spiro atoms. The molecule has 0 bridgehead atoms. The molecule has 2 aliphatic heterocycles. The molecule has 27 heavy (non-hydrogen) atoms. The summed E-state index contributed by atoms with van der Waals surface area (Å²) in [5.74, 6) is 0.423. The fourth-order valence-electron chi connectivity index (χ4n) is 4.86. The molecular weight excluding hydrogens is 360 g/mol. The zero-order chi connectivity index (χ0) is 19.0. The van der Waals surface area contributed by atoms with Crippen molar-refractivity contribution in [2.45, 2.75) is 37.4 Å². The van der Waals surface area contributed by atoms with E-state index in [9.17, 15) is 9.90 Å². The zero-order valence-corrected chi connectivity index (χ0v) is 16.3. The van der Waals surface area contributed by atoms with Crippen molar-refractivity contribution in [3.05, 3.63) is 70.7 Å². The fraction of sp³-hybridized carbons (Fsp3) is 0.409. The molecule has 4 nitrogen and oxygen atoms in total. The number of aliphatic hydroxyl groups is 1. The number of likely N-dealkylation sites (tertiary alicyclic amines) is 2. The molecule has 2 aliphatic rings. The molecule has 2 aromatic carbocycles. The van der Waals surface area contributed by atoms with Gasteiger partial charge in [-0.1, -0.05) is 61.0 Å². The van der Waals surface area contributed by atoms with Crippen LogP contribution in [0.1, 0.15) is 30.4 Å². The highest BCUT2D eigenvalue weighted by atomic mass is 35.5. The summed E-state index contributed by atoms with van der Waals surface area (Å²) in [6.07, 6.45) is 0.532. The standard InChI is InChI=1S/C22H25ClN2O2/c1-2-20(27)24-14-22(15-24)21(17-8-4-3-5-9-17)19(13-26)25(22)12-16-7-6-10-18(23)11-16/h3-11,19,21,26H,2,12-15H2,1H3/t19-,21-/m1/s1. The Morgan fingerprint density at radius 1 is 1.19 bits per heavy atom. The van der Waals surface area contributed by atoms with Crippen molar-refractivity contribution in [2.75, 3.05) is 19.7 Å². The topological polar surface area (TPSA) is 43.8 Å². The molecular formula is C22H25ClN2O2. The lowest BCUT2D eigenvalue weighted by atomic mass is 9.60. The van der Waals surface area contributed by atoms with Crippen LogP contribution in [0, 0.1) is 0 Å². The number of nitrogens with zero attached hydrogens (tertiary/aromatic N) is 2. The molecule has 142 valence electrons.